The van der Waals surface area contributed by atoms with Crippen LogP contribution in [-0.2, 0) is 14.6 Å². The van der Waals surface area contributed by atoms with Gasteiger partial charge in [0.15, 0.2) is 15.6 Å². The molecule has 5 nitrogen and oxygen atoms in total. The van der Waals surface area contributed by atoms with Crippen LogP contribution in [0.5, 0.6) is 5.75 Å². The fraction of sp³-hybridized carbons (Fsp3) is 0.455. The Morgan fingerprint density at radius 1 is 1.44 bits per heavy atom. The molecule has 18 heavy (non-hydrogen) atoms. The molecule has 1 aromatic carbocycles. The molecule has 0 spiro atoms. The average molecular weight is 294 g/mol. The quantitative estimate of drug-likeness (QED) is 0.653. The topological polar surface area (TPSA) is 89.6 Å². The van der Waals surface area contributed by atoms with Crippen molar-refractivity contribution in [2.75, 3.05) is 19.5 Å². The van der Waals surface area contributed by atoms with Crippen LogP contribution in [0.25, 0.3) is 0 Å². The van der Waals surface area contributed by atoms with E-state index in [1.54, 1.807) is 0 Å². The number of anilines is 1. The highest BCUT2D eigenvalue weighted by atomic mass is 35.5. The second-order valence-corrected chi connectivity index (χ2v) is 7.44. The Kier molecular flexibility index (Phi) is 4.15. The summed E-state index contributed by atoms with van der Waals surface area (Å²) < 4.78 is 28.6. The van der Waals surface area contributed by atoms with Gasteiger partial charge in [-0.25, -0.2) is 8.42 Å². The van der Waals surface area contributed by atoms with Gasteiger partial charge in [-0.1, -0.05) is 11.6 Å². The van der Waals surface area contributed by atoms with E-state index in [4.69, 9.17) is 22.1 Å². The minimum Gasteiger partial charge on any atom is -0.504 e. The highest BCUT2D eigenvalue weighted by molar-refractivity contribution is 7.93. The lowest BCUT2D eigenvalue weighted by Gasteiger charge is -2.25. The summed E-state index contributed by atoms with van der Waals surface area (Å²) in [6, 6.07) is 2.69. The first kappa shape index (κ1) is 15.1. The molecule has 1 aromatic rings. The zero-order valence-corrected chi connectivity index (χ0v) is 12.0. The van der Waals surface area contributed by atoms with E-state index in [1.807, 2.05) is 0 Å². The van der Waals surface area contributed by atoms with Crippen LogP contribution in [0, 0.1) is 0 Å². The Morgan fingerprint density at radius 2 is 2.00 bits per heavy atom. The van der Waals surface area contributed by atoms with E-state index in [2.05, 4.69) is 0 Å². The molecule has 0 radical (unpaired) electrons. The van der Waals surface area contributed by atoms with Gasteiger partial charge in [-0.15, -0.1) is 0 Å². The highest BCUT2D eigenvalue weighted by Gasteiger charge is 2.39. The van der Waals surface area contributed by atoms with E-state index in [0.717, 1.165) is 0 Å². The van der Waals surface area contributed by atoms with Gasteiger partial charge in [0, 0.05) is 7.11 Å². The van der Waals surface area contributed by atoms with Crippen LogP contribution in [0.4, 0.5) is 5.69 Å². The van der Waals surface area contributed by atoms with Gasteiger partial charge in [0.25, 0.3) is 0 Å². The van der Waals surface area contributed by atoms with Crippen LogP contribution >= 0.6 is 11.6 Å². The van der Waals surface area contributed by atoms with Crippen LogP contribution in [0.3, 0.4) is 0 Å². The summed E-state index contributed by atoms with van der Waals surface area (Å²) in [6.45, 7) is 2.95. The molecule has 0 saturated heterocycles. The Balaban J connectivity index is 3.52. The van der Waals surface area contributed by atoms with Crippen molar-refractivity contribution in [1.29, 1.82) is 0 Å². The third-order valence-corrected chi connectivity index (χ3v) is 5.55. The molecule has 0 amide bonds. The molecule has 7 heteroatoms. The van der Waals surface area contributed by atoms with E-state index in [1.165, 1.54) is 33.1 Å². The van der Waals surface area contributed by atoms with Gasteiger partial charge in [-0.05, 0) is 26.0 Å². The fourth-order valence-electron chi connectivity index (χ4n) is 1.52. The van der Waals surface area contributed by atoms with Gasteiger partial charge in [0.05, 0.1) is 22.1 Å². The number of rotatable bonds is 4. The van der Waals surface area contributed by atoms with E-state index >= 15 is 0 Å². The van der Waals surface area contributed by atoms with Crippen molar-refractivity contribution < 1.29 is 18.3 Å². The predicted octanol–water partition coefficient (Wildman–Crippen LogP) is 1.83. The number of methoxy groups -OCH3 is 1. The highest BCUT2D eigenvalue weighted by Crippen LogP contribution is 2.40. The van der Waals surface area contributed by atoms with Gasteiger partial charge in [-0.2, -0.15) is 0 Å². The Morgan fingerprint density at radius 3 is 2.50 bits per heavy atom. The van der Waals surface area contributed by atoms with Crippen LogP contribution in [-0.4, -0.2) is 32.0 Å². The van der Waals surface area contributed by atoms with Crippen molar-refractivity contribution in [3.63, 3.8) is 0 Å². The minimum atomic E-state index is -3.87. The average Bonchev–Trinajstić information content (AvgIpc) is 2.23. The first-order valence-electron chi connectivity index (χ1n) is 5.15. The molecule has 0 bridgehead atoms. The number of phenolic OH excluding ortho intramolecular Hbond substituents is 1. The van der Waals surface area contributed by atoms with E-state index in [0.29, 0.717) is 0 Å². The first-order valence-corrected chi connectivity index (χ1v) is 7.02. The largest absolute Gasteiger partial charge is 0.504 e. The molecule has 0 aliphatic rings. The number of nitrogens with two attached hydrogens (primary N) is 1. The maximum atomic E-state index is 12.5. The van der Waals surface area contributed by atoms with E-state index in [-0.39, 0.29) is 22.2 Å². The lowest BCUT2D eigenvalue weighted by molar-refractivity contribution is 0.175. The molecule has 0 unspecified atom stereocenters. The molecule has 3 N–H and O–H groups in total. The summed E-state index contributed by atoms with van der Waals surface area (Å²) in [4.78, 5) is -0.355. The number of sulfone groups is 1. The summed E-state index contributed by atoms with van der Waals surface area (Å²) in [7, 11) is -2.47. The van der Waals surface area contributed by atoms with Crippen molar-refractivity contribution in [2.45, 2.75) is 23.5 Å². The Hall–Kier alpha value is -0.980. The molecule has 0 atom stereocenters. The number of halogens is 1. The Bertz CT molecular complexity index is 554. The molecule has 0 aliphatic heterocycles. The summed E-state index contributed by atoms with van der Waals surface area (Å²) in [5.41, 5.74) is 5.46. The number of benzene rings is 1. The van der Waals surface area contributed by atoms with Gasteiger partial charge >= 0.3 is 0 Å². The normalized spacial score (nSPS) is 12.7. The number of nitrogen functional groups attached to an aromatic ring is 1. The van der Waals surface area contributed by atoms with E-state index in [9.17, 15) is 13.5 Å². The smallest absolute Gasteiger partial charge is 0.191 e. The molecule has 102 valence electrons. The molecule has 0 aliphatic carbocycles. The summed E-state index contributed by atoms with van der Waals surface area (Å²) in [6.07, 6.45) is 0. The van der Waals surface area contributed by atoms with Crippen molar-refractivity contribution in [3.8, 4) is 5.75 Å². The summed E-state index contributed by atoms with van der Waals surface area (Å²) >= 11 is 5.86. The molecule has 0 saturated carbocycles. The van der Waals surface area contributed by atoms with Crippen molar-refractivity contribution in [1.82, 2.24) is 0 Å². The third kappa shape index (κ3) is 2.41. The van der Waals surface area contributed by atoms with Crippen molar-refractivity contribution >= 4 is 27.1 Å². The van der Waals surface area contributed by atoms with Crippen LogP contribution in [0.1, 0.15) is 13.8 Å². The zero-order chi connectivity index (χ0) is 14.1. The summed E-state index contributed by atoms with van der Waals surface area (Å²) in [5.74, 6) is -0.522. The number of ether oxygens (including phenoxy) is 1. The monoisotopic (exact) mass is 293 g/mol. The lowest BCUT2D eigenvalue weighted by atomic mass is 10.2. The van der Waals surface area contributed by atoms with E-state index < -0.39 is 20.3 Å². The van der Waals surface area contributed by atoms with Crippen molar-refractivity contribution in [2.24, 2.45) is 0 Å². The second kappa shape index (κ2) is 4.95. The van der Waals surface area contributed by atoms with Crippen LogP contribution in [0.15, 0.2) is 17.0 Å². The van der Waals surface area contributed by atoms with Gasteiger partial charge in [0.2, 0.25) is 0 Å². The van der Waals surface area contributed by atoms with Crippen LogP contribution < -0.4 is 5.73 Å². The number of aromatic hydroxyl groups is 1. The molecule has 0 fully saturated rings. The van der Waals surface area contributed by atoms with Gasteiger partial charge in [0.1, 0.15) is 4.90 Å². The third-order valence-electron chi connectivity index (χ3n) is 2.60. The maximum absolute atomic E-state index is 12.5. The molecule has 0 heterocycles. The molecular weight excluding hydrogens is 278 g/mol. The number of phenols is 1. The first-order chi connectivity index (χ1) is 8.15. The van der Waals surface area contributed by atoms with Crippen LogP contribution in [0.2, 0.25) is 5.02 Å². The zero-order valence-electron chi connectivity index (χ0n) is 10.4. The number of hydrogen-bond acceptors (Lipinski definition) is 5. The van der Waals surface area contributed by atoms with Crippen molar-refractivity contribution in [3.05, 3.63) is 17.2 Å². The minimum absolute atomic E-state index is 0.0279. The van der Waals surface area contributed by atoms with Gasteiger partial charge in [-0.3, -0.25) is 0 Å². The predicted molar refractivity (Wildman–Crippen MR) is 70.7 cm³/mol. The molecule has 0 aromatic heterocycles. The fourth-order valence-corrected chi connectivity index (χ4v) is 3.50. The molecule has 1 rings (SSSR count). The lowest BCUT2D eigenvalue weighted by Crippen LogP contribution is -2.36. The van der Waals surface area contributed by atoms with Gasteiger partial charge < -0.3 is 15.6 Å². The Labute approximate surface area is 111 Å². The summed E-state index contributed by atoms with van der Waals surface area (Å²) in [5, 5.41) is 9.75. The standard InChI is InChI=1S/C11H16ClNO4S/c1-11(2,6-17-3)18(15,16)10-7(12)4-5-8(13)9(10)14/h4-5,14H,6,13H2,1-3H3. The SMILES string of the molecule is COCC(C)(C)S(=O)(=O)c1c(Cl)ccc(N)c1O. The second-order valence-electron chi connectivity index (χ2n) is 4.51. The molecular formula is C11H16ClNO4S. The maximum Gasteiger partial charge on any atom is 0.191 e. The number of hydrogen-bond donors (Lipinski definition) is 2.